The van der Waals surface area contributed by atoms with Crippen molar-refractivity contribution in [2.24, 2.45) is 0 Å². The lowest BCUT2D eigenvalue weighted by atomic mass is 10.3. The number of nitrogens with zero attached hydrogens (tertiary/aromatic N) is 2. The van der Waals surface area contributed by atoms with Crippen LogP contribution in [0.15, 0.2) is 45.5 Å². The highest BCUT2D eigenvalue weighted by atomic mass is 35.5. The third-order valence-electron chi connectivity index (χ3n) is 3.96. The summed E-state index contributed by atoms with van der Waals surface area (Å²) in [6.07, 6.45) is 0. The minimum absolute atomic E-state index is 0.228. The molecular formula is C16H18ClFN2O2S3. The van der Waals surface area contributed by atoms with E-state index in [0.717, 1.165) is 28.5 Å². The van der Waals surface area contributed by atoms with Gasteiger partial charge < -0.3 is 0 Å². The van der Waals surface area contributed by atoms with Crippen molar-refractivity contribution in [1.82, 2.24) is 9.21 Å². The molecule has 2 heterocycles. The summed E-state index contributed by atoms with van der Waals surface area (Å²) in [6, 6.07) is 9.65. The lowest BCUT2D eigenvalue weighted by Crippen LogP contribution is -2.48. The van der Waals surface area contributed by atoms with Gasteiger partial charge in [0.2, 0.25) is 0 Å². The number of halogens is 2. The molecule has 0 spiro atoms. The van der Waals surface area contributed by atoms with Crippen LogP contribution in [0.5, 0.6) is 0 Å². The molecule has 25 heavy (non-hydrogen) atoms. The number of thioether (sulfide) groups is 1. The monoisotopic (exact) mass is 420 g/mol. The maximum atomic E-state index is 12.9. The molecule has 1 saturated heterocycles. The van der Waals surface area contributed by atoms with Crippen LogP contribution in [0.3, 0.4) is 0 Å². The van der Waals surface area contributed by atoms with Gasteiger partial charge in [-0.05, 0) is 36.4 Å². The Morgan fingerprint density at radius 1 is 1.08 bits per heavy atom. The van der Waals surface area contributed by atoms with E-state index in [1.807, 2.05) is 0 Å². The van der Waals surface area contributed by atoms with Crippen LogP contribution in [0.25, 0.3) is 0 Å². The molecule has 0 aliphatic carbocycles. The molecule has 1 aliphatic heterocycles. The van der Waals surface area contributed by atoms with Gasteiger partial charge in [-0.15, -0.1) is 23.1 Å². The first-order valence-electron chi connectivity index (χ1n) is 7.81. The van der Waals surface area contributed by atoms with Crippen LogP contribution in [0.1, 0.15) is 0 Å². The van der Waals surface area contributed by atoms with E-state index < -0.39 is 10.0 Å². The zero-order chi connectivity index (χ0) is 17.9. The lowest BCUT2D eigenvalue weighted by Gasteiger charge is -2.33. The number of hydrogen-bond acceptors (Lipinski definition) is 5. The molecular weight excluding hydrogens is 403 g/mol. The summed E-state index contributed by atoms with van der Waals surface area (Å²) < 4.78 is 40.3. The van der Waals surface area contributed by atoms with Crippen molar-refractivity contribution in [1.29, 1.82) is 0 Å². The Hall–Kier alpha value is -0.640. The minimum atomic E-state index is -3.43. The number of hydrogen-bond donors (Lipinski definition) is 0. The van der Waals surface area contributed by atoms with Gasteiger partial charge in [0.1, 0.15) is 10.0 Å². The van der Waals surface area contributed by atoms with Gasteiger partial charge in [-0.2, -0.15) is 4.31 Å². The Labute approximate surface area is 160 Å². The highest BCUT2D eigenvalue weighted by molar-refractivity contribution is 7.99. The number of thiophene rings is 1. The average Bonchev–Trinajstić information content (AvgIpc) is 3.04. The maximum absolute atomic E-state index is 12.9. The van der Waals surface area contributed by atoms with Gasteiger partial charge in [-0.3, -0.25) is 4.90 Å². The normalized spacial score (nSPS) is 17.0. The van der Waals surface area contributed by atoms with E-state index in [9.17, 15) is 12.8 Å². The Kier molecular flexibility index (Phi) is 6.40. The van der Waals surface area contributed by atoms with Gasteiger partial charge in [0.05, 0.1) is 4.34 Å². The van der Waals surface area contributed by atoms with Crippen LogP contribution in [0.2, 0.25) is 4.34 Å². The maximum Gasteiger partial charge on any atom is 0.252 e. The van der Waals surface area contributed by atoms with Crippen molar-refractivity contribution in [3.63, 3.8) is 0 Å². The number of piperazine rings is 1. The first kappa shape index (κ1) is 19.1. The topological polar surface area (TPSA) is 40.6 Å². The van der Waals surface area contributed by atoms with Gasteiger partial charge in [-0.25, -0.2) is 12.8 Å². The van der Waals surface area contributed by atoms with Gasteiger partial charge in [-0.1, -0.05) is 11.6 Å². The van der Waals surface area contributed by atoms with Crippen LogP contribution in [0.4, 0.5) is 4.39 Å². The van der Waals surface area contributed by atoms with Crippen LogP contribution in [0, 0.1) is 5.82 Å². The summed E-state index contributed by atoms with van der Waals surface area (Å²) in [5, 5.41) is 0. The van der Waals surface area contributed by atoms with Gasteiger partial charge in [0.25, 0.3) is 10.0 Å². The van der Waals surface area contributed by atoms with Gasteiger partial charge >= 0.3 is 0 Å². The summed E-state index contributed by atoms with van der Waals surface area (Å²) >= 11 is 8.62. The first-order chi connectivity index (χ1) is 11.9. The van der Waals surface area contributed by atoms with Crippen molar-refractivity contribution in [3.8, 4) is 0 Å². The van der Waals surface area contributed by atoms with E-state index >= 15 is 0 Å². The Morgan fingerprint density at radius 2 is 1.76 bits per heavy atom. The molecule has 0 atom stereocenters. The summed E-state index contributed by atoms with van der Waals surface area (Å²) in [4.78, 5) is 3.29. The largest absolute Gasteiger partial charge is 0.300 e. The molecule has 3 rings (SSSR count). The fourth-order valence-electron chi connectivity index (χ4n) is 2.58. The van der Waals surface area contributed by atoms with Crippen LogP contribution in [-0.4, -0.2) is 56.1 Å². The molecule has 2 aromatic rings. The molecule has 0 unspecified atom stereocenters. The highest BCUT2D eigenvalue weighted by Crippen LogP contribution is 2.28. The molecule has 4 nitrogen and oxygen atoms in total. The molecule has 0 N–H and O–H groups in total. The Balaban J connectivity index is 1.46. The zero-order valence-corrected chi connectivity index (χ0v) is 16.6. The molecule has 0 bridgehead atoms. The zero-order valence-electron chi connectivity index (χ0n) is 13.4. The summed E-state index contributed by atoms with van der Waals surface area (Å²) in [7, 11) is -3.43. The Morgan fingerprint density at radius 3 is 2.36 bits per heavy atom. The third kappa shape index (κ3) is 4.96. The molecule has 1 aromatic carbocycles. The van der Waals surface area contributed by atoms with E-state index in [1.165, 1.54) is 16.4 Å². The quantitative estimate of drug-likeness (QED) is 0.669. The van der Waals surface area contributed by atoms with Crippen LogP contribution in [-0.2, 0) is 10.0 Å². The number of benzene rings is 1. The van der Waals surface area contributed by atoms with E-state index in [1.54, 1.807) is 36.0 Å². The van der Waals surface area contributed by atoms with Crippen molar-refractivity contribution < 1.29 is 12.8 Å². The average molecular weight is 421 g/mol. The minimum Gasteiger partial charge on any atom is -0.300 e. The molecule has 0 radical (unpaired) electrons. The van der Waals surface area contributed by atoms with Crippen LogP contribution < -0.4 is 0 Å². The standard InChI is InChI=1S/C16H18ClFN2O2S3/c17-15-5-6-16(24-15)25(21,22)20-9-7-19(8-10-20)11-12-23-14-3-1-13(18)2-4-14/h1-6H,7-12H2. The van der Waals surface area contributed by atoms with Crippen molar-refractivity contribution in [3.05, 3.63) is 46.6 Å². The van der Waals surface area contributed by atoms with Crippen molar-refractivity contribution >= 4 is 44.7 Å². The fraction of sp³-hybridized carbons (Fsp3) is 0.375. The third-order valence-corrected chi connectivity index (χ3v) is 8.55. The Bertz CT molecular complexity index is 803. The van der Waals surface area contributed by atoms with E-state index in [0.29, 0.717) is 34.7 Å². The first-order valence-corrected chi connectivity index (χ1v) is 11.4. The van der Waals surface area contributed by atoms with Crippen molar-refractivity contribution in [2.75, 3.05) is 38.5 Å². The van der Waals surface area contributed by atoms with Crippen molar-refractivity contribution in [2.45, 2.75) is 9.10 Å². The molecule has 1 aromatic heterocycles. The van der Waals surface area contributed by atoms with Gasteiger partial charge in [0, 0.05) is 43.4 Å². The lowest BCUT2D eigenvalue weighted by molar-refractivity contribution is 0.198. The summed E-state index contributed by atoms with van der Waals surface area (Å²) in [5.74, 6) is 0.660. The SMILES string of the molecule is O=S(=O)(c1ccc(Cl)s1)N1CCN(CCSc2ccc(F)cc2)CC1. The predicted octanol–water partition coefficient (Wildman–Crippen LogP) is 3.64. The molecule has 0 amide bonds. The fourth-order valence-corrected chi connectivity index (χ4v) is 6.55. The molecule has 1 aliphatic rings. The molecule has 1 fully saturated rings. The van der Waals surface area contributed by atoms with E-state index in [2.05, 4.69) is 4.90 Å². The molecule has 0 saturated carbocycles. The predicted molar refractivity (Wildman–Crippen MR) is 102 cm³/mol. The number of rotatable bonds is 6. The second-order valence-electron chi connectivity index (χ2n) is 5.61. The van der Waals surface area contributed by atoms with E-state index in [4.69, 9.17) is 11.6 Å². The summed E-state index contributed by atoms with van der Waals surface area (Å²) in [5.41, 5.74) is 0. The molecule has 136 valence electrons. The second-order valence-corrected chi connectivity index (χ2v) is 10.7. The molecule has 9 heteroatoms. The smallest absolute Gasteiger partial charge is 0.252 e. The van der Waals surface area contributed by atoms with Gasteiger partial charge in [0.15, 0.2) is 0 Å². The second kappa shape index (κ2) is 8.37. The van der Waals surface area contributed by atoms with E-state index in [-0.39, 0.29) is 5.82 Å². The highest BCUT2D eigenvalue weighted by Gasteiger charge is 2.29. The summed E-state index contributed by atoms with van der Waals surface area (Å²) in [6.45, 7) is 3.27. The number of sulfonamides is 1. The van der Waals surface area contributed by atoms with Crippen LogP contribution >= 0.6 is 34.7 Å².